The molecule has 2 aromatic heterocycles. The Balaban J connectivity index is 1.56. The maximum atomic E-state index is 11.6. The lowest BCUT2D eigenvalue weighted by Gasteiger charge is -2.16. The third kappa shape index (κ3) is 4.14. The van der Waals surface area contributed by atoms with Crippen LogP contribution in [0.2, 0.25) is 5.02 Å². The molecule has 0 saturated carbocycles. The molecule has 0 radical (unpaired) electrons. The first-order chi connectivity index (χ1) is 13.8. The second-order valence-corrected chi connectivity index (χ2v) is 7.41. The van der Waals surface area contributed by atoms with E-state index in [1.807, 2.05) is 26.0 Å². The van der Waals surface area contributed by atoms with Crippen LogP contribution in [-0.4, -0.2) is 55.0 Å². The van der Waals surface area contributed by atoms with Crippen LogP contribution in [0.25, 0.3) is 5.69 Å². The maximum Gasteiger partial charge on any atom is 0.360 e. The summed E-state index contributed by atoms with van der Waals surface area (Å²) in [4.78, 5) is 11.6. The molecule has 3 heterocycles. The van der Waals surface area contributed by atoms with Crippen molar-refractivity contribution in [1.82, 2.24) is 30.0 Å². The summed E-state index contributed by atoms with van der Waals surface area (Å²) in [5.41, 5.74) is 1.56. The summed E-state index contributed by atoms with van der Waals surface area (Å²) in [6.45, 7) is 3.96. The number of ether oxygens (including phenoxy) is 3. The molecule has 0 N–H and O–H groups in total. The topological polar surface area (TPSA) is 106 Å². The van der Waals surface area contributed by atoms with Gasteiger partial charge < -0.3 is 14.2 Å². The zero-order valence-corrected chi connectivity index (χ0v) is 16.8. The number of rotatable bonds is 5. The highest BCUT2D eigenvalue weighted by atomic mass is 35.5. The van der Waals surface area contributed by atoms with Gasteiger partial charge >= 0.3 is 5.97 Å². The van der Waals surface area contributed by atoms with Crippen molar-refractivity contribution >= 4 is 17.6 Å². The minimum atomic E-state index is -0.814. The zero-order chi connectivity index (χ0) is 20.6. The third-order valence-electron chi connectivity index (χ3n) is 4.38. The van der Waals surface area contributed by atoms with E-state index >= 15 is 0 Å². The minimum Gasteiger partial charge on any atom is -0.464 e. The molecule has 11 heteroatoms. The molecule has 1 aromatic carbocycles. The number of carbonyl (C=O) groups excluding carboxylic acids is 1. The average molecular weight is 419 g/mol. The molecule has 152 valence electrons. The average Bonchev–Trinajstić information content (AvgIpc) is 3.41. The van der Waals surface area contributed by atoms with Crippen molar-refractivity contribution in [2.75, 3.05) is 7.11 Å². The largest absolute Gasteiger partial charge is 0.464 e. The van der Waals surface area contributed by atoms with Gasteiger partial charge in [-0.1, -0.05) is 22.0 Å². The second-order valence-electron chi connectivity index (χ2n) is 6.98. The molecule has 0 aliphatic carbocycles. The summed E-state index contributed by atoms with van der Waals surface area (Å²) in [6, 6.07) is 7.25. The Morgan fingerprint density at radius 1 is 1.17 bits per heavy atom. The minimum absolute atomic E-state index is 0.121. The molecule has 0 unspecified atom stereocenters. The summed E-state index contributed by atoms with van der Waals surface area (Å²) in [5.74, 6) is -1.37. The fourth-order valence-corrected chi connectivity index (χ4v) is 3.24. The van der Waals surface area contributed by atoms with Crippen molar-refractivity contribution in [3.05, 3.63) is 53.1 Å². The number of halogens is 1. The number of aromatic nitrogens is 6. The Bertz CT molecular complexity index is 1020. The molecule has 1 saturated heterocycles. The molecule has 1 fully saturated rings. The Hall–Kier alpha value is -2.82. The van der Waals surface area contributed by atoms with Crippen LogP contribution < -0.4 is 0 Å². The van der Waals surface area contributed by atoms with Gasteiger partial charge in [0.25, 0.3) is 0 Å². The number of nitrogens with zero attached hydrogens (tertiary/aromatic N) is 6. The van der Waals surface area contributed by atoms with E-state index in [1.165, 1.54) is 18.0 Å². The van der Waals surface area contributed by atoms with Gasteiger partial charge in [-0.15, -0.1) is 10.2 Å². The molecule has 1 aliphatic rings. The van der Waals surface area contributed by atoms with Gasteiger partial charge in [-0.3, -0.25) is 0 Å². The molecular weight excluding hydrogens is 400 g/mol. The maximum absolute atomic E-state index is 11.6. The van der Waals surface area contributed by atoms with Gasteiger partial charge in [0.15, 0.2) is 11.5 Å². The fraction of sp³-hybridized carbons (Fsp3) is 0.389. The number of carbonyl (C=O) groups is 1. The highest BCUT2D eigenvalue weighted by molar-refractivity contribution is 6.30. The van der Waals surface area contributed by atoms with Gasteiger partial charge in [0.05, 0.1) is 31.7 Å². The Morgan fingerprint density at radius 2 is 1.93 bits per heavy atom. The van der Waals surface area contributed by atoms with Crippen LogP contribution in [0.4, 0.5) is 0 Å². The molecule has 3 aromatic rings. The van der Waals surface area contributed by atoms with Gasteiger partial charge in [-0.2, -0.15) is 0 Å². The number of benzene rings is 1. The number of hydrogen-bond acceptors (Lipinski definition) is 8. The normalized spacial score (nSPS) is 20.7. The SMILES string of the molecule is COC(=O)c1cn(C[C@@H]2OC(C)(C)O[C@@H]2c2cn(-c3ccc(Cl)cc3)nn2)nn1. The molecule has 4 rings (SSSR count). The smallest absolute Gasteiger partial charge is 0.360 e. The van der Waals surface area contributed by atoms with Crippen LogP contribution in [0, 0.1) is 0 Å². The van der Waals surface area contributed by atoms with Crippen molar-refractivity contribution in [2.24, 2.45) is 0 Å². The molecule has 1 aliphatic heterocycles. The molecule has 0 bridgehead atoms. The van der Waals surface area contributed by atoms with Crippen LogP contribution in [0.15, 0.2) is 36.7 Å². The molecule has 0 amide bonds. The predicted octanol–water partition coefficient (Wildman–Crippen LogP) is 2.19. The van der Waals surface area contributed by atoms with Gasteiger partial charge in [0.2, 0.25) is 0 Å². The van der Waals surface area contributed by atoms with E-state index in [4.69, 9.17) is 21.1 Å². The lowest BCUT2D eigenvalue weighted by atomic mass is 10.1. The van der Waals surface area contributed by atoms with Crippen LogP contribution >= 0.6 is 11.6 Å². The first-order valence-corrected chi connectivity index (χ1v) is 9.25. The highest BCUT2D eigenvalue weighted by Gasteiger charge is 2.44. The fourth-order valence-electron chi connectivity index (χ4n) is 3.12. The zero-order valence-electron chi connectivity index (χ0n) is 16.0. The number of esters is 1. The molecule has 29 heavy (non-hydrogen) atoms. The highest BCUT2D eigenvalue weighted by Crippen LogP contribution is 2.38. The van der Waals surface area contributed by atoms with Crippen molar-refractivity contribution in [3.8, 4) is 5.69 Å². The van der Waals surface area contributed by atoms with E-state index in [9.17, 15) is 4.79 Å². The Labute approximate surface area is 171 Å². The lowest BCUT2D eigenvalue weighted by Crippen LogP contribution is -2.25. The van der Waals surface area contributed by atoms with E-state index in [1.54, 1.807) is 23.0 Å². The van der Waals surface area contributed by atoms with E-state index in [0.717, 1.165) is 5.69 Å². The summed E-state index contributed by atoms with van der Waals surface area (Å²) >= 11 is 5.94. The Morgan fingerprint density at radius 3 is 2.66 bits per heavy atom. The summed E-state index contributed by atoms with van der Waals surface area (Å²) in [6.07, 6.45) is 2.40. The standard InChI is InChI=1S/C18H19ClN6O4/c1-18(2)28-15(10-24-8-14(21-22-24)17(26)27-3)16(29-18)13-9-25(23-20-13)12-6-4-11(19)5-7-12/h4-9,15-16H,10H2,1-3H3/t15-,16+/m0/s1. The van der Waals surface area contributed by atoms with Crippen molar-refractivity contribution in [2.45, 2.75) is 38.4 Å². The van der Waals surface area contributed by atoms with Crippen molar-refractivity contribution in [1.29, 1.82) is 0 Å². The first-order valence-electron chi connectivity index (χ1n) is 8.87. The third-order valence-corrected chi connectivity index (χ3v) is 4.63. The Kier molecular flexibility index (Phi) is 5.07. The van der Waals surface area contributed by atoms with Gasteiger partial charge in [-0.05, 0) is 38.1 Å². The van der Waals surface area contributed by atoms with E-state index in [-0.39, 0.29) is 5.69 Å². The number of hydrogen-bond donors (Lipinski definition) is 0. The van der Waals surface area contributed by atoms with Crippen LogP contribution in [0.1, 0.15) is 36.1 Å². The summed E-state index contributed by atoms with van der Waals surface area (Å²) in [5, 5.41) is 16.9. The van der Waals surface area contributed by atoms with E-state index in [0.29, 0.717) is 17.3 Å². The summed E-state index contributed by atoms with van der Waals surface area (Å²) < 4.78 is 19.9. The number of methoxy groups -OCH3 is 1. The predicted molar refractivity (Wildman–Crippen MR) is 101 cm³/mol. The monoisotopic (exact) mass is 418 g/mol. The quantitative estimate of drug-likeness (QED) is 0.580. The summed E-state index contributed by atoms with van der Waals surface area (Å²) in [7, 11) is 1.29. The first kappa shape index (κ1) is 19.5. The second kappa shape index (κ2) is 7.54. The molecular formula is C18H19ClN6O4. The van der Waals surface area contributed by atoms with Crippen molar-refractivity contribution < 1.29 is 19.0 Å². The lowest BCUT2D eigenvalue weighted by molar-refractivity contribution is -0.148. The van der Waals surface area contributed by atoms with Gasteiger partial charge in [-0.25, -0.2) is 14.2 Å². The van der Waals surface area contributed by atoms with E-state index in [2.05, 4.69) is 25.4 Å². The molecule has 2 atom stereocenters. The van der Waals surface area contributed by atoms with Crippen molar-refractivity contribution in [3.63, 3.8) is 0 Å². The van der Waals surface area contributed by atoms with E-state index < -0.39 is 24.0 Å². The van der Waals surface area contributed by atoms with Crippen LogP contribution in [-0.2, 0) is 20.8 Å². The molecule has 10 nitrogen and oxygen atoms in total. The van der Waals surface area contributed by atoms with Crippen LogP contribution in [0.3, 0.4) is 0 Å². The van der Waals surface area contributed by atoms with Gasteiger partial charge in [0, 0.05) is 5.02 Å². The van der Waals surface area contributed by atoms with Gasteiger partial charge in [0.1, 0.15) is 17.9 Å². The van der Waals surface area contributed by atoms with Crippen LogP contribution in [0.5, 0.6) is 0 Å². The molecule has 0 spiro atoms.